The molecule has 1 aliphatic heterocycles. The van der Waals surface area contributed by atoms with Gasteiger partial charge in [-0.2, -0.15) is 13.2 Å². The van der Waals surface area contributed by atoms with E-state index in [9.17, 15) is 27.9 Å². The van der Waals surface area contributed by atoms with Crippen molar-refractivity contribution in [2.24, 2.45) is 5.73 Å². The zero-order valence-electron chi connectivity index (χ0n) is 14.0. The molecule has 0 spiro atoms. The number of hydrogen-bond donors (Lipinski definition) is 3. The van der Waals surface area contributed by atoms with Crippen LogP contribution < -0.4 is 16.0 Å². The van der Waals surface area contributed by atoms with E-state index in [2.05, 4.69) is 5.32 Å². The summed E-state index contributed by atoms with van der Waals surface area (Å²) in [6.07, 6.45) is -4.01. The Kier molecular flexibility index (Phi) is 4.69. The van der Waals surface area contributed by atoms with Crippen LogP contribution in [0.4, 0.5) is 24.5 Å². The number of phenols is 1. The molecule has 2 aromatic rings. The quantitative estimate of drug-likeness (QED) is 0.761. The van der Waals surface area contributed by atoms with Crippen molar-refractivity contribution in [3.63, 3.8) is 0 Å². The number of nitrogens with two attached hydrogens (primary N) is 1. The second-order valence-corrected chi connectivity index (χ2v) is 6.12. The van der Waals surface area contributed by atoms with Crippen molar-refractivity contribution < 1.29 is 27.9 Å². The lowest BCUT2D eigenvalue weighted by molar-refractivity contribution is -0.137. The second kappa shape index (κ2) is 6.82. The fraction of sp³-hybridized carbons (Fsp3) is 0.222. The molecule has 2 aromatic carbocycles. The number of halogens is 3. The van der Waals surface area contributed by atoms with Crippen molar-refractivity contribution in [2.45, 2.75) is 18.6 Å². The van der Waals surface area contributed by atoms with E-state index in [1.54, 1.807) is 0 Å². The number of amides is 2. The third-order valence-electron chi connectivity index (χ3n) is 4.32. The van der Waals surface area contributed by atoms with Crippen LogP contribution in [0.1, 0.15) is 22.3 Å². The van der Waals surface area contributed by atoms with Gasteiger partial charge >= 0.3 is 6.18 Å². The third kappa shape index (κ3) is 3.81. The fourth-order valence-electron chi connectivity index (χ4n) is 2.93. The van der Waals surface area contributed by atoms with Crippen LogP contribution in [0.2, 0.25) is 0 Å². The number of carbonyl (C=O) groups is 2. The van der Waals surface area contributed by atoms with Gasteiger partial charge in [0.2, 0.25) is 5.91 Å². The van der Waals surface area contributed by atoms with Crippen molar-refractivity contribution in [3.8, 4) is 5.75 Å². The Morgan fingerprint density at radius 3 is 2.41 bits per heavy atom. The Labute approximate surface area is 152 Å². The van der Waals surface area contributed by atoms with Gasteiger partial charge < -0.3 is 21.1 Å². The number of hydrogen-bond acceptors (Lipinski definition) is 4. The number of nitrogens with one attached hydrogen (secondary N) is 1. The molecule has 2 amide bonds. The molecule has 1 atom stereocenters. The van der Waals surface area contributed by atoms with Crippen LogP contribution in [0.25, 0.3) is 0 Å². The summed E-state index contributed by atoms with van der Waals surface area (Å²) in [6.45, 7) is 0.340. The van der Waals surface area contributed by atoms with Crippen molar-refractivity contribution in [3.05, 3.63) is 53.6 Å². The maximum absolute atomic E-state index is 12.6. The smallest absolute Gasteiger partial charge is 0.416 e. The lowest BCUT2D eigenvalue weighted by Gasteiger charge is -2.18. The van der Waals surface area contributed by atoms with Gasteiger partial charge in [0.05, 0.1) is 11.1 Å². The third-order valence-corrected chi connectivity index (χ3v) is 4.32. The molecule has 4 N–H and O–H groups in total. The van der Waals surface area contributed by atoms with E-state index in [1.807, 2.05) is 0 Å². The summed E-state index contributed by atoms with van der Waals surface area (Å²) in [5, 5.41) is 12.7. The summed E-state index contributed by atoms with van der Waals surface area (Å²) >= 11 is 0. The van der Waals surface area contributed by atoms with Crippen molar-refractivity contribution in [1.82, 2.24) is 0 Å². The second-order valence-electron chi connectivity index (χ2n) is 6.12. The van der Waals surface area contributed by atoms with Crippen LogP contribution in [0.15, 0.2) is 42.5 Å². The Morgan fingerprint density at radius 2 is 1.85 bits per heavy atom. The summed E-state index contributed by atoms with van der Waals surface area (Å²) < 4.78 is 37.9. The minimum atomic E-state index is -4.43. The van der Waals surface area contributed by atoms with Crippen molar-refractivity contribution >= 4 is 23.2 Å². The molecule has 0 aliphatic carbocycles. The maximum atomic E-state index is 12.6. The highest BCUT2D eigenvalue weighted by Gasteiger charge is 2.34. The molecule has 9 heteroatoms. The van der Waals surface area contributed by atoms with Gasteiger partial charge in [-0.05, 0) is 42.8 Å². The minimum absolute atomic E-state index is 0.0373. The van der Waals surface area contributed by atoms with Crippen molar-refractivity contribution in [2.75, 3.05) is 16.8 Å². The summed E-state index contributed by atoms with van der Waals surface area (Å²) in [5.41, 5.74) is 5.10. The van der Waals surface area contributed by atoms with Gasteiger partial charge in [0, 0.05) is 24.0 Å². The highest BCUT2D eigenvalue weighted by molar-refractivity contribution is 6.01. The summed E-state index contributed by atoms with van der Waals surface area (Å²) in [6, 6.07) is 7.92. The largest absolute Gasteiger partial charge is 0.507 e. The number of primary amides is 1. The standard InChI is InChI=1S/C18H16F3N3O3/c19-18(20,21)10-1-4-12(5-2-10)24-8-7-14(17(24)27)23-11-3-6-13(16(22)26)15(25)9-11/h1-6,9,14,23,25H,7-8H2,(H2,22,26)/t14-/m1/s1. The summed E-state index contributed by atoms with van der Waals surface area (Å²) in [5.74, 6) is -1.38. The fourth-order valence-corrected chi connectivity index (χ4v) is 2.93. The molecule has 0 saturated carbocycles. The monoisotopic (exact) mass is 379 g/mol. The molecule has 3 rings (SSSR count). The molecule has 1 fully saturated rings. The lowest BCUT2D eigenvalue weighted by atomic mass is 10.1. The van der Waals surface area contributed by atoms with E-state index in [1.165, 1.54) is 35.2 Å². The highest BCUT2D eigenvalue weighted by atomic mass is 19.4. The summed E-state index contributed by atoms with van der Waals surface area (Å²) in [4.78, 5) is 25.1. The van der Waals surface area contributed by atoms with E-state index >= 15 is 0 Å². The normalized spacial score (nSPS) is 17.2. The number of benzene rings is 2. The number of carbonyl (C=O) groups excluding carboxylic acids is 2. The highest BCUT2D eigenvalue weighted by Crippen LogP contribution is 2.32. The molecule has 1 saturated heterocycles. The van der Waals surface area contributed by atoms with Crippen LogP contribution in [-0.4, -0.2) is 29.5 Å². The molecule has 142 valence electrons. The molecule has 1 aliphatic rings. The number of rotatable bonds is 4. The first kappa shape index (κ1) is 18.6. The number of aromatic hydroxyl groups is 1. The first-order valence-corrected chi connectivity index (χ1v) is 8.05. The first-order valence-electron chi connectivity index (χ1n) is 8.05. The zero-order chi connectivity index (χ0) is 19.8. The van der Waals surface area contributed by atoms with Crippen LogP contribution >= 0.6 is 0 Å². The number of anilines is 2. The lowest BCUT2D eigenvalue weighted by Crippen LogP contribution is -2.33. The Morgan fingerprint density at radius 1 is 1.19 bits per heavy atom. The Balaban J connectivity index is 1.72. The minimum Gasteiger partial charge on any atom is -0.507 e. The Bertz CT molecular complexity index is 882. The van der Waals surface area contributed by atoms with E-state index in [0.717, 1.165) is 12.1 Å². The van der Waals surface area contributed by atoms with Crippen LogP contribution in [0.3, 0.4) is 0 Å². The predicted octanol–water partition coefficient (Wildman–Crippen LogP) is 2.73. The number of nitrogens with zero attached hydrogens (tertiary/aromatic N) is 1. The molecule has 6 nitrogen and oxygen atoms in total. The molecular formula is C18H16F3N3O3. The van der Waals surface area contributed by atoms with Crippen molar-refractivity contribution in [1.29, 1.82) is 0 Å². The molecule has 0 aromatic heterocycles. The maximum Gasteiger partial charge on any atom is 0.416 e. The molecule has 1 heterocycles. The van der Waals surface area contributed by atoms with Gasteiger partial charge in [-0.1, -0.05) is 0 Å². The van der Waals surface area contributed by atoms with Gasteiger partial charge in [-0.25, -0.2) is 0 Å². The molecule has 0 bridgehead atoms. The van der Waals surface area contributed by atoms with E-state index in [4.69, 9.17) is 5.73 Å². The van der Waals surface area contributed by atoms with Crippen LogP contribution in [0, 0.1) is 0 Å². The van der Waals surface area contributed by atoms with Gasteiger partial charge in [0.25, 0.3) is 5.91 Å². The average molecular weight is 379 g/mol. The predicted molar refractivity (Wildman–Crippen MR) is 92.4 cm³/mol. The molecule has 27 heavy (non-hydrogen) atoms. The zero-order valence-corrected chi connectivity index (χ0v) is 14.0. The van der Waals surface area contributed by atoms with Gasteiger partial charge in [0.15, 0.2) is 0 Å². The Hall–Kier alpha value is -3.23. The van der Waals surface area contributed by atoms with Crippen LogP contribution in [-0.2, 0) is 11.0 Å². The van der Waals surface area contributed by atoms with E-state index in [-0.39, 0.29) is 17.2 Å². The van der Waals surface area contributed by atoms with E-state index in [0.29, 0.717) is 24.3 Å². The molecule has 0 unspecified atom stereocenters. The SMILES string of the molecule is NC(=O)c1ccc(N[C@@H]2CCN(c3ccc(C(F)(F)F)cc3)C2=O)cc1O. The van der Waals surface area contributed by atoms with Gasteiger partial charge in [-0.15, -0.1) is 0 Å². The number of alkyl halides is 3. The van der Waals surface area contributed by atoms with Gasteiger partial charge in [-0.3, -0.25) is 9.59 Å². The summed E-state index contributed by atoms with van der Waals surface area (Å²) in [7, 11) is 0. The molecular weight excluding hydrogens is 363 g/mol. The average Bonchev–Trinajstić information content (AvgIpc) is 2.95. The topological polar surface area (TPSA) is 95.7 Å². The van der Waals surface area contributed by atoms with Crippen LogP contribution in [0.5, 0.6) is 5.75 Å². The first-order chi connectivity index (χ1) is 12.7. The van der Waals surface area contributed by atoms with Gasteiger partial charge in [0.1, 0.15) is 11.8 Å². The molecule has 0 radical (unpaired) electrons. The van der Waals surface area contributed by atoms with E-state index < -0.39 is 23.7 Å².